The van der Waals surface area contributed by atoms with Gasteiger partial charge in [-0.2, -0.15) is 4.39 Å². The summed E-state index contributed by atoms with van der Waals surface area (Å²) in [4.78, 5) is 5.47. The van der Waals surface area contributed by atoms with Crippen molar-refractivity contribution in [1.29, 1.82) is 0 Å². The Morgan fingerprint density at radius 3 is 2.87 bits per heavy atom. The summed E-state index contributed by atoms with van der Waals surface area (Å²) in [6, 6.07) is 3.15. The van der Waals surface area contributed by atoms with E-state index in [2.05, 4.69) is 11.9 Å². The molecule has 1 aromatic heterocycles. The van der Waals surface area contributed by atoms with Gasteiger partial charge in [0, 0.05) is 31.0 Å². The smallest absolute Gasteiger partial charge is 0.214 e. The molecule has 84 valence electrons. The molecule has 0 aromatic carbocycles. The SMILES string of the molecule is CCCCN(CCO)c1ccnc(F)c1. The number of nitrogens with zero attached hydrogens (tertiary/aromatic N) is 2. The highest BCUT2D eigenvalue weighted by Crippen LogP contribution is 2.14. The lowest BCUT2D eigenvalue weighted by molar-refractivity contribution is 0.301. The Kier molecular flexibility index (Phi) is 5.04. The molecule has 0 saturated heterocycles. The van der Waals surface area contributed by atoms with Gasteiger partial charge in [-0.3, -0.25) is 0 Å². The second-order valence-corrected chi connectivity index (χ2v) is 3.40. The topological polar surface area (TPSA) is 36.4 Å². The minimum atomic E-state index is -0.480. The number of unbranched alkanes of at least 4 members (excludes halogenated alkanes) is 1. The average Bonchev–Trinajstić information content (AvgIpc) is 2.24. The van der Waals surface area contributed by atoms with Crippen molar-refractivity contribution in [3.05, 3.63) is 24.3 Å². The molecule has 3 nitrogen and oxygen atoms in total. The molecule has 0 amide bonds. The summed E-state index contributed by atoms with van der Waals surface area (Å²) < 4.78 is 12.9. The van der Waals surface area contributed by atoms with Crippen molar-refractivity contribution >= 4 is 5.69 Å². The number of halogens is 1. The van der Waals surface area contributed by atoms with Gasteiger partial charge < -0.3 is 10.0 Å². The van der Waals surface area contributed by atoms with Crippen LogP contribution >= 0.6 is 0 Å². The van der Waals surface area contributed by atoms with Crippen LogP contribution < -0.4 is 4.90 Å². The molecular weight excluding hydrogens is 195 g/mol. The Labute approximate surface area is 89.6 Å². The van der Waals surface area contributed by atoms with Crippen LogP contribution in [0, 0.1) is 5.95 Å². The lowest BCUT2D eigenvalue weighted by Crippen LogP contribution is -2.27. The highest BCUT2D eigenvalue weighted by molar-refractivity contribution is 5.44. The van der Waals surface area contributed by atoms with Crippen LogP contribution in [0.4, 0.5) is 10.1 Å². The van der Waals surface area contributed by atoms with Crippen LogP contribution in [0.5, 0.6) is 0 Å². The first-order chi connectivity index (χ1) is 7.27. The Morgan fingerprint density at radius 2 is 2.27 bits per heavy atom. The molecule has 0 bridgehead atoms. The van der Waals surface area contributed by atoms with E-state index in [1.54, 1.807) is 6.07 Å². The Hall–Kier alpha value is -1.16. The fourth-order valence-electron chi connectivity index (χ4n) is 1.43. The van der Waals surface area contributed by atoms with Gasteiger partial charge in [0.1, 0.15) is 0 Å². The third kappa shape index (κ3) is 3.83. The second-order valence-electron chi connectivity index (χ2n) is 3.40. The van der Waals surface area contributed by atoms with Gasteiger partial charge in [-0.15, -0.1) is 0 Å². The molecule has 0 radical (unpaired) electrons. The normalized spacial score (nSPS) is 10.3. The van der Waals surface area contributed by atoms with E-state index in [0.717, 1.165) is 25.1 Å². The minimum Gasteiger partial charge on any atom is -0.395 e. The lowest BCUT2D eigenvalue weighted by atomic mass is 10.2. The fraction of sp³-hybridized carbons (Fsp3) is 0.545. The maximum atomic E-state index is 12.9. The van der Waals surface area contributed by atoms with Crippen molar-refractivity contribution in [1.82, 2.24) is 4.98 Å². The molecule has 0 aliphatic heterocycles. The second kappa shape index (κ2) is 6.35. The first-order valence-corrected chi connectivity index (χ1v) is 5.25. The highest BCUT2D eigenvalue weighted by atomic mass is 19.1. The third-order valence-corrected chi connectivity index (χ3v) is 2.23. The van der Waals surface area contributed by atoms with Gasteiger partial charge in [0.15, 0.2) is 0 Å². The van der Waals surface area contributed by atoms with Crippen molar-refractivity contribution in [3.8, 4) is 0 Å². The summed E-state index contributed by atoms with van der Waals surface area (Å²) in [7, 11) is 0. The highest BCUT2D eigenvalue weighted by Gasteiger charge is 2.06. The number of anilines is 1. The van der Waals surface area contributed by atoms with Crippen molar-refractivity contribution in [2.24, 2.45) is 0 Å². The molecule has 4 heteroatoms. The number of hydrogen-bond donors (Lipinski definition) is 1. The molecule has 15 heavy (non-hydrogen) atoms. The molecule has 0 atom stereocenters. The molecule has 0 unspecified atom stereocenters. The zero-order valence-corrected chi connectivity index (χ0v) is 8.99. The number of pyridine rings is 1. The van der Waals surface area contributed by atoms with Crippen LogP contribution in [0.2, 0.25) is 0 Å². The van der Waals surface area contributed by atoms with Crippen molar-refractivity contribution in [2.75, 3.05) is 24.6 Å². The van der Waals surface area contributed by atoms with E-state index in [0.29, 0.717) is 6.54 Å². The van der Waals surface area contributed by atoms with E-state index in [9.17, 15) is 4.39 Å². The molecule has 1 aromatic rings. The first-order valence-electron chi connectivity index (χ1n) is 5.25. The van der Waals surface area contributed by atoms with Crippen LogP contribution in [0.15, 0.2) is 18.3 Å². The Morgan fingerprint density at radius 1 is 1.47 bits per heavy atom. The zero-order valence-electron chi connectivity index (χ0n) is 8.99. The summed E-state index contributed by atoms with van der Waals surface area (Å²) in [6.45, 7) is 3.54. The van der Waals surface area contributed by atoms with Crippen LogP contribution in [0.25, 0.3) is 0 Å². The van der Waals surface area contributed by atoms with Crippen LogP contribution in [0.1, 0.15) is 19.8 Å². The fourth-order valence-corrected chi connectivity index (χ4v) is 1.43. The lowest BCUT2D eigenvalue weighted by Gasteiger charge is -2.23. The summed E-state index contributed by atoms with van der Waals surface area (Å²) in [5.74, 6) is -0.480. The van der Waals surface area contributed by atoms with Crippen LogP contribution in [-0.4, -0.2) is 29.8 Å². The van der Waals surface area contributed by atoms with Crippen LogP contribution in [-0.2, 0) is 0 Å². The summed E-state index contributed by atoms with van der Waals surface area (Å²) in [5.41, 5.74) is 0.782. The van der Waals surface area contributed by atoms with Gasteiger partial charge in [0.25, 0.3) is 0 Å². The number of hydrogen-bond acceptors (Lipinski definition) is 3. The van der Waals surface area contributed by atoms with Gasteiger partial charge in [-0.05, 0) is 12.5 Å². The van der Waals surface area contributed by atoms with Crippen molar-refractivity contribution < 1.29 is 9.50 Å². The largest absolute Gasteiger partial charge is 0.395 e. The Balaban J connectivity index is 2.69. The number of aliphatic hydroxyl groups excluding tert-OH is 1. The average molecular weight is 212 g/mol. The molecule has 1 rings (SSSR count). The van der Waals surface area contributed by atoms with E-state index < -0.39 is 5.95 Å². The maximum absolute atomic E-state index is 12.9. The molecule has 0 aliphatic carbocycles. The van der Waals surface area contributed by atoms with Gasteiger partial charge in [-0.1, -0.05) is 13.3 Å². The van der Waals surface area contributed by atoms with Gasteiger partial charge in [0.05, 0.1) is 6.61 Å². The van der Waals surface area contributed by atoms with Crippen molar-refractivity contribution in [3.63, 3.8) is 0 Å². The van der Waals surface area contributed by atoms with Gasteiger partial charge >= 0.3 is 0 Å². The van der Waals surface area contributed by atoms with E-state index >= 15 is 0 Å². The molecular formula is C11H17FN2O. The first kappa shape index (κ1) is 11.9. The quantitative estimate of drug-likeness (QED) is 0.731. The van der Waals surface area contributed by atoms with E-state index in [-0.39, 0.29) is 6.61 Å². The van der Waals surface area contributed by atoms with E-state index in [1.807, 2.05) is 4.90 Å². The summed E-state index contributed by atoms with van der Waals surface area (Å²) >= 11 is 0. The molecule has 0 aliphatic rings. The molecule has 0 spiro atoms. The number of aliphatic hydroxyl groups is 1. The molecule has 1 N–H and O–H groups in total. The molecule has 1 heterocycles. The van der Waals surface area contributed by atoms with E-state index in [4.69, 9.17) is 5.11 Å². The summed E-state index contributed by atoms with van der Waals surface area (Å²) in [6.07, 6.45) is 3.56. The van der Waals surface area contributed by atoms with E-state index in [1.165, 1.54) is 12.3 Å². The minimum absolute atomic E-state index is 0.0770. The van der Waals surface area contributed by atoms with Crippen LogP contribution in [0.3, 0.4) is 0 Å². The summed E-state index contributed by atoms with van der Waals surface area (Å²) in [5, 5.41) is 8.92. The third-order valence-electron chi connectivity index (χ3n) is 2.23. The monoisotopic (exact) mass is 212 g/mol. The van der Waals surface area contributed by atoms with Gasteiger partial charge in [0.2, 0.25) is 5.95 Å². The predicted octanol–water partition coefficient (Wildman–Crippen LogP) is 1.82. The molecule has 0 fully saturated rings. The Bertz CT molecular complexity index is 294. The maximum Gasteiger partial charge on any atom is 0.214 e. The predicted molar refractivity (Wildman–Crippen MR) is 58.4 cm³/mol. The zero-order chi connectivity index (χ0) is 11.1. The standard InChI is InChI=1S/C11H17FN2O/c1-2-3-6-14(7-8-15)10-4-5-13-11(12)9-10/h4-5,9,15H,2-3,6-8H2,1H3. The number of aromatic nitrogens is 1. The molecule has 0 saturated carbocycles. The van der Waals surface area contributed by atoms with Gasteiger partial charge in [-0.25, -0.2) is 4.98 Å². The van der Waals surface area contributed by atoms with Crippen molar-refractivity contribution in [2.45, 2.75) is 19.8 Å². The number of rotatable bonds is 6.